The van der Waals surface area contributed by atoms with Crippen LogP contribution in [-0.2, 0) is 4.79 Å². The molecule has 1 amide bonds. The zero-order chi connectivity index (χ0) is 9.78. The van der Waals surface area contributed by atoms with Crippen LogP contribution in [0.5, 0.6) is 0 Å². The summed E-state index contributed by atoms with van der Waals surface area (Å²) in [7, 11) is 0. The molecule has 12 heavy (non-hydrogen) atoms. The van der Waals surface area contributed by atoms with E-state index < -0.39 is 5.54 Å². The lowest BCUT2D eigenvalue weighted by Crippen LogP contribution is -2.56. The van der Waals surface area contributed by atoms with Crippen LogP contribution in [-0.4, -0.2) is 18.0 Å². The number of nitrogens with two attached hydrogens (primary N) is 1. The second kappa shape index (κ2) is 4.13. The Balaban J connectivity index is 4.42. The SMILES string of the molecule is C#CCN[C@](C)(C(N)=O)C(C)C. The molecule has 0 bridgehead atoms. The maximum atomic E-state index is 11.1. The largest absolute Gasteiger partial charge is 0.368 e. The van der Waals surface area contributed by atoms with Gasteiger partial charge in [0.15, 0.2) is 0 Å². The third kappa shape index (κ3) is 2.24. The van der Waals surface area contributed by atoms with Crippen LogP contribution >= 0.6 is 0 Å². The number of rotatable bonds is 4. The third-order valence-corrected chi connectivity index (χ3v) is 2.22. The van der Waals surface area contributed by atoms with Crippen molar-refractivity contribution < 1.29 is 4.79 Å². The molecule has 68 valence electrons. The van der Waals surface area contributed by atoms with Crippen molar-refractivity contribution in [2.24, 2.45) is 11.7 Å². The van der Waals surface area contributed by atoms with Gasteiger partial charge < -0.3 is 5.73 Å². The molecular weight excluding hydrogens is 152 g/mol. The van der Waals surface area contributed by atoms with Gasteiger partial charge in [-0.25, -0.2) is 0 Å². The number of hydrogen-bond acceptors (Lipinski definition) is 2. The molecule has 0 heterocycles. The summed E-state index contributed by atoms with van der Waals surface area (Å²) < 4.78 is 0. The Labute approximate surface area is 73.7 Å². The van der Waals surface area contributed by atoms with E-state index in [1.54, 1.807) is 6.92 Å². The Morgan fingerprint density at radius 2 is 2.25 bits per heavy atom. The van der Waals surface area contributed by atoms with Gasteiger partial charge in [-0.2, -0.15) is 0 Å². The van der Waals surface area contributed by atoms with Gasteiger partial charge in [-0.3, -0.25) is 10.1 Å². The molecule has 0 aromatic heterocycles. The predicted octanol–water partition coefficient (Wildman–Crippen LogP) is 0.109. The highest BCUT2D eigenvalue weighted by molar-refractivity contribution is 5.84. The smallest absolute Gasteiger partial charge is 0.237 e. The molecule has 0 aliphatic heterocycles. The summed E-state index contributed by atoms with van der Waals surface area (Å²) in [5.41, 5.74) is 4.54. The van der Waals surface area contributed by atoms with Crippen LogP contribution in [0, 0.1) is 18.3 Å². The van der Waals surface area contributed by atoms with E-state index in [-0.39, 0.29) is 11.8 Å². The first-order chi connectivity index (χ1) is 5.45. The number of hydrogen-bond donors (Lipinski definition) is 2. The fraction of sp³-hybridized carbons (Fsp3) is 0.667. The van der Waals surface area contributed by atoms with Gasteiger partial charge in [0.25, 0.3) is 0 Å². The lowest BCUT2D eigenvalue weighted by Gasteiger charge is -2.30. The van der Waals surface area contributed by atoms with Gasteiger partial charge in [-0.05, 0) is 12.8 Å². The van der Waals surface area contributed by atoms with Crippen LogP contribution in [0.3, 0.4) is 0 Å². The molecule has 0 spiro atoms. The number of terminal acetylenes is 1. The van der Waals surface area contributed by atoms with Crippen LogP contribution in [0.25, 0.3) is 0 Å². The lowest BCUT2D eigenvalue weighted by atomic mass is 9.88. The zero-order valence-corrected chi connectivity index (χ0v) is 7.85. The van der Waals surface area contributed by atoms with Gasteiger partial charge in [-0.1, -0.05) is 19.8 Å². The normalized spacial score (nSPS) is 15.2. The minimum Gasteiger partial charge on any atom is -0.368 e. The van der Waals surface area contributed by atoms with E-state index in [4.69, 9.17) is 12.2 Å². The monoisotopic (exact) mass is 168 g/mol. The molecule has 0 radical (unpaired) electrons. The fourth-order valence-corrected chi connectivity index (χ4v) is 0.810. The van der Waals surface area contributed by atoms with Crippen LogP contribution in [0.2, 0.25) is 0 Å². The highest BCUT2D eigenvalue weighted by atomic mass is 16.1. The topological polar surface area (TPSA) is 55.1 Å². The van der Waals surface area contributed by atoms with Gasteiger partial charge in [0.1, 0.15) is 0 Å². The van der Waals surface area contributed by atoms with E-state index in [0.29, 0.717) is 6.54 Å². The Kier molecular flexibility index (Phi) is 3.78. The summed E-state index contributed by atoms with van der Waals surface area (Å²) in [6.07, 6.45) is 5.07. The van der Waals surface area contributed by atoms with Crippen LogP contribution in [0.1, 0.15) is 20.8 Å². The van der Waals surface area contributed by atoms with Gasteiger partial charge in [-0.15, -0.1) is 6.42 Å². The summed E-state index contributed by atoms with van der Waals surface area (Å²) in [6.45, 7) is 5.97. The lowest BCUT2D eigenvalue weighted by molar-refractivity contribution is -0.125. The summed E-state index contributed by atoms with van der Waals surface area (Å²) in [6, 6.07) is 0. The van der Waals surface area contributed by atoms with Crippen molar-refractivity contribution >= 4 is 5.91 Å². The second-order valence-electron chi connectivity index (χ2n) is 3.28. The van der Waals surface area contributed by atoms with Crippen molar-refractivity contribution in [2.75, 3.05) is 6.54 Å². The molecule has 3 N–H and O–H groups in total. The minimum atomic E-state index is -0.702. The quantitative estimate of drug-likeness (QED) is 0.585. The molecule has 0 aliphatic rings. The number of carbonyl (C=O) groups excluding carboxylic acids is 1. The second-order valence-corrected chi connectivity index (χ2v) is 3.28. The molecule has 0 unspecified atom stereocenters. The maximum absolute atomic E-state index is 11.1. The first-order valence-corrected chi connectivity index (χ1v) is 3.93. The van der Waals surface area contributed by atoms with Crippen molar-refractivity contribution in [3.05, 3.63) is 0 Å². The van der Waals surface area contributed by atoms with E-state index in [0.717, 1.165) is 0 Å². The van der Waals surface area contributed by atoms with Gasteiger partial charge in [0.05, 0.1) is 12.1 Å². The van der Waals surface area contributed by atoms with E-state index in [2.05, 4.69) is 11.2 Å². The van der Waals surface area contributed by atoms with E-state index in [1.807, 2.05) is 13.8 Å². The standard InChI is InChI=1S/C9H16N2O/c1-5-6-11-9(4,7(2)3)8(10)12/h1,7,11H,6H2,2-4H3,(H2,10,12)/t9-/m0/s1. The van der Waals surface area contributed by atoms with Crippen molar-refractivity contribution in [3.8, 4) is 12.3 Å². The highest BCUT2D eigenvalue weighted by Crippen LogP contribution is 2.14. The van der Waals surface area contributed by atoms with Gasteiger partial charge >= 0.3 is 0 Å². The molecule has 3 heteroatoms. The van der Waals surface area contributed by atoms with Gasteiger partial charge in [0, 0.05) is 0 Å². The molecular formula is C9H16N2O. The van der Waals surface area contributed by atoms with Crippen molar-refractivity contribution in [1.29, 1.82) is 0 Å². The average molecular weight is 168 g/mol. The number of carbonyl (C=O) groups is 1. The third-order valence-electron chi connectivity index (χ3n) is 2.22. The Morgan fingerprint density at radius 1 is 1.75 bits per heavy atom. The molecule has 3 nitrogen and oxygen atoms in total. The van der Waals surface area contributed by atoms with E-state index in [9.17, 15) is 4.79 Å². The van der Waals surface area contributed by atoms with Crippen LogP contribution in [0.4, 0.5) is 0 Å². The summed E-state index contributed by atoms with van der Waals surface area (Å²) >= 11 is 0. The van der Waals surface area contributed by atoms with E-state index in [1.165, 1.54) is 0 Å². The molecule has 0 rings (SSSR count). The average Bonchev–Trinajstić information content (AvgIpc) is 1.99. The first kappa shape index (κ1) is 11.0. The predicted molar refractivity (Wildman–Crippen MR) is 49.3 cm³/mol. The Bertz CT molecular complexity index is 205. The highest BCUT2D eigenvalue weighted by Gasteiger charge is 2.33. The molecule has 1 atom stereocenters. The minimum absolute atomic E-state index is 0.128. The molecule has 0 aromatic rings. The summed E-state index contributed by atoms with van der Waals surface area (Å²) in [5, 5.41) is 2.93. The fourth-order valence-electron chi connectivity index (χ4n) is 0.810. The molecule has 0 fully saturated rings. The summed E-state index contributed by atoms with van der Waals surface area (Å²) in [4.78, 5) is 11.1. The van der Waals surface area contributed by atoms with E-state index >= 15 is 0 Å². The van der Waals surface area contributed by atoms with Crippen LogP contribution < -0.4 is 11.1 Å². The number of primary amides is 1. The van der Waals surface area contributed by atoms with Crippen LogP contribution in [0.15, 0.2) is 0 Å². The first-order valence-electron chi connectivity index (χ1n) is 3.93. The molecule has 0 aliphatic carbocycles. The number of amides is 1. The summed E-state index contributed by atoms with van der Waals surface area (Å²) in [5.74, 6) is 2.17. The molecule has 0 aromatic carbocycles. The van der Waals surface area contributed by atoms with Crippen molar-refractivity contribution in [2.45, 2.75) is 26.3 Å². The van der Waals surface area contributed by atoms with Crippen molar-refractivity contribution in [1.82, 2.24) is 5.32 Å². The zero-order valence-electron chi connectivity index (χ0n) is 7.85. The van der Waals surface area contributed by atoms with Gasteiger partial charge in [0.2, 0.25) is 5.91 Å². The Hall–Kier alpha value is -1.01. The molecule has 0 saturated carbocycles. The number of nitrogens with one attached hydrogen (secondary N) is 1. The maximum Gasteiger partial charge on any atom is 0.237 e. The Morgan fingerprint density at radius 3 is 2.50 bits per heavy atom. The van der Waals surface area contributed by atoms with Crippen molar-refractivity contribution in [3.63, 3.8) is 0 Å². The molecule has 0 saturated heterocycles.